The van der Waals surface area contributed by atoms with Crippen molar-refractivity contribution >= 4 is 27.8 Å². The molecule has 0 aromatic heterocycles. The van der Waals surface area contributed by atoms with Gasteiger partial charge in [-0.1, -0.05) is 0 Å². The zero-order valence-electron chi connectivity index (χ0n) is 10.7. The Balaban J connectivity index is 3.92. The Morgan fingerprint density at radius 3 is 2.56 bits per heavy atom. The van der Waals surface area contributed by atoms with Gasteiger partial charge in [-0.15, -0.1) is 0 Å². The molecule has 0 aliphatic carbocycles. The van der Waals surface area contributed by atoms with E-state index in [4.69, 9.17) is 15.0 Å². The molecule has 0 saturated carbocycles. The van der Waals surface area contributed by atoms with Crippen LogP contribution in [0.1, 0.15) is 20.3 Å². The van der Waals surface area contributed by atoms with Gasteiger partial charge in [-0.25, -0.2) is 0 Å². The highest BCUT2D eigenvalue weighted by Crippen LogP contribution is 2.23. The lowest BCUT2D eigenvalue weighted by Gasteiger charge is -2.21. The van der Waals surface area contributed by atoms with Gasteiger partial charge in [0.1, 0.15) is 0 Å². The van der Waals surface area contributed by atoms with E-state index in [0.29, 0.717) is 12.3 Å². The summed E-state index contributed by atoms with van der Waals surface area (Å²) in [6.45, 7) is 4.08. The second-order valence-corrected chi connectivity index (χ2v) is 7.18. The first kappa shape index (κ1) is 17.7. The molecule has 0 aliphatic rings. The van der Waals surface area contributed by atoms with E-state index < -0.39 is 21.3 Å². The van der Waals surface area contributed by atoms with Crippen molar-refractivity contribution in [2.24, 2.45) is 11.1 Å². The van der Waals surface area contributed by atoms with E-state index in [0.717, 1.165) is 5.75 Å². The molecule has 0 unspecified atom stereocenters. The van der Waals surface area contributed by atoms with E-state index in [2.05, 4.69) is 0 Å². The van der Waals surface area contributed by atoms with Gasteiger partial charge in [-0.05, 0) is 20.3 Å². The van der Waals surface area contributed by atoms with Crippen LogP contribution in [-0.2, 0) is 19.6 Å². The normalized spacial score (nSPS) is 12.4. The molecule has 0 aromatic carbocycles. The van der Waals surface area contributed by atoms with Crippen molar-refractivity contribution in [3.05, 3.63) is 0 Å². The van der Waals surface area contributed by atoms with E-state index in [1.165, 1.54) is 0 Å². The summed E-state index contributed by atoms with van der Waals surface area (Å²) in [5.74, 6) is 0.603. The minimum absolute atomic E-state index is 0.0103. The monoisotopic (exact) mass is 299 g/mol. The molecule has 108 valence electrons. The van der Waals surface area contributed by atoms with Gasteiger partial charge in [0, 0.05) is 18.1 Å². The van der Waals surface area contributed by atoms with Crippen molar-refractivity contribution in [2.75, 3.05) is 30.4 Å². The third-order valence-electron chi connectivity index (χ3n) is 2.06. The maximum atomic E-state index is 11.7. The number of carbonyl (C=O) groups excluding carboxylic acids is 1. The molecule has 0 aliphatic heterocycles. The summed E-state index contributed by atoms with van der Waals surface area (Å²) >= 11 is 1.57. The molecule has 3 N–H and O–H groups in total. The van der Waals surface area contributed by atoms with Gasteiger partial charge in [0.25, 0.3) is 10.1 Å². The van der Waals surface area contributed by atoms with Crippen molar-refractivity contribution in [3.63, 3.8) is 0 Å². The number of esters is 1. The van der Waals surface area contributed by atoms with Crippen LogP contribution >= 0.6 is 11.8 Å². The Morgan fingerprint density at radius 2 is 2.06 bits per heavy atom. The molecule has 0 bridgehead atoms. The van der Waals surface area contributed by atoms with Gasteiger partial charge < -0.3 is 10.5 Å². The molecular weight excluding hydrogens is 278 g/mol. The van der Waals surface area contributed by atoms with E-state index in [1.54, 1.807) is 25.6 Å². The Morgan fingerprint density at radius 1 is 1.44 bits per heavy atom. The number of nitrogens with two attached hydrogens (primary N) is 1. The molecule has 0 fully saturated rings. The molecule has 0 radical (unpaired) electrons. The van der Waals surface area contributed by atoms with Crippen LogP contribution < -0.4 is 5.73 Å². The van der Waals surface area contributed by atoms with Crippen LogP contribution in [0.25, 0.3) is 0 Å². The average molecular weight is 299 g/mol. The second-order valence-electron chi connectivity index (χ2n) is 4.50. The summed E-state index contributed by atoms with van der Waals surface area (Å²) in [6, 6.07) is 0. The first-order chi connectivity index (χ1) is 8.19. The van der Waals surface area contributed by atoms with E-state index in [1.807, 2.05) is 0 Å². The number of thioether (sulfide) groups is 1. The summed E-state index contributed by atoms with van der Waals surface area (Å²) in [5, 5.41) is 0. The fraction of sp³-hybridized carbons (Fsp3) is 0.900. The van der Waals surface area contributed by atoms with Gasteiger partial charge in [0.15, 0.2) is 0 Å². The minimum atomic E-state index is -3.98. The lowest BCUT2D eigenvalue weighted by Crippen LogP contribution is -2.30. The molecular formula is C10H21NO5S2. The maximum absolute atomic E-state index is 11.7. The molecule has 6 nitrogen and oxygen atoms in total. The van der Waals surface area contributed by atoms with E-state index in [-0.39, 0.29) is 19.0 Å². The molecule has 0 saturated heterocycles. The Bertz CT molecular complexity index is 353. The van der Waals surface area contributed by atoms with Crippen LogP contribution in [0, 0.1) is 5.41 Å². The van der Waals surface area contributed by atoms with Gasteiger partial charge in [0.2, 0.25) is 0 Å². The lowest BCUT2D eigenvalue weighted by atomic mass is 9.97. The third kappa shape index (κ3) is 8.73. The van der Waals surface area contributed by atoms with Crippen molar-refractivity contribution in [1.29, 1.82) is 0 Å². The van der Waals surface area contributed by atoms with Crippen LogP contribution in [-0.4, -0.2) is 49.4 Å². The van der Waals surface area contributed by atoms with Crippen LogP contribution in [0.2, 0.25) is 0 Å². The molecule has 18 heavy (non-hydrogen) atoms. The van der Waals surface area contributed by atoms with Crippen LogP contribution in [0.4, 0.5) is 0 Å². The number of carbonyl (C=O) groups is 1. The Hall–Kier alpha value is -0.310. The average Bonchev–Trinajstić information content (AvgIpc) is 2.23. The SMILES string of the molecule is CC(C)(CSCCN)C(=O)OCCCS(=O)(=O)O. The minimum Gasteiger partial charge on any atom is -0.465 e. The number of rotatable bonds is 9. The Labute approximate surface area is 112 Å². The van der Waals surface area contributed by atoms with Gasteiger partial charge in [-0.3, -0.25) is 9.35 Å². The van der Waals surface area contributed by atoms with Crippen molar-refractivity contribution in [3.8, 4) is 0 Å². The second kappa shape index (κ2) is 7.98. The van der Waals surface area contributed by atoms with Gasteiger partial charge in [0.05, 0.1) is 17.8 Å². The molecule has 0 rings (SSSR count). The summed E-state index contributed by atoms with van der Waals surface area (Å²) < 4.78 is 34.4. The van der Waals surface area contributed by atoms with Gasteiger partial charge >= 0.3 is 5.97 Å². The molecule has 0 heterocycles. The first-order valence-corrected chi connectivity index (χ1v) is 8.35. The van der Waals surface area contributed by atoms with Crippen molar-refractivity contribution in [2.45, 2.75) is 20.3 Å². The number of ether oxygens (including phenoxy) is 1. The predicted molar refractivity (Wildman–Crippen MR) is 72.2 cm³/mol. The Kier molecular flexibility index (Phi) is 7.84. The highest BCUT2D eigenvalue weighted by Gasteiger charge is 2.29. The summed E-state index contributed by atoms with van der Waals surface area (Å²) in [4.78, 5) is 11.7. The number of hydrogen-bond donors (Lipinski definition) is 2. The first-order valence-electron chi connectivity index (χ1n) is 5.59. The fourth-order valence-corrected chi connectivity index (χ4v) is 2.49. The number of hydrogen-bond acceptors (Lipinski definition) is 6. The topological polar surface area (TPSA) is 107 Å². The lowest BCUT2D eigenvalue weighted by molar-refractivity contribution is -0.152. The predicted octanol–water partition coefficient (Wildman–Crippen LogP) is 0.526. The standard InChI is InChI=1S/C10H21NO5S2/c1-10(2,8-17-6-4-11)9(12)16-5-3-7-18(13,14)15/h3-8,11H2,1-2H3,(H,13,14,15). The van der Waals surface area contributed by atoms with Gasteiger partial charge in [-0.2, -0.15) is 20.2 Å². The summed E-state index contributed by atoms with van der Waals surface area (Å²) in [6.07, 6.45) is 0.0938. The van der Waals surface area contributed by atoms with Crippen LogP contribution in [0.3, 0.4) is 0 Å². The smallest absolute Gasteiger partial charge is 0.312 e. The highest BCUT2D eigenvalue weighted by molar-refractivity contribution is 7.99. The van der Waals surface area contributed by atoms with Crippen molar-refractivity contribution in [1.82, 2.24) is 0 Å². The van der Waals surface area contributed by atoms with Crippen molar-refractivity contribution < 1.29 is 22.5 Å². The summed E-state index contributed by atoms with van der Waals surface area (Å²) in [7, 11) is -3.98. The fourth-order valence-electron chi connectivity index (χ4n) is 1.07. The third-order valence-corrected chi connectivity index (χ3v) is 4.31. The maximum Gasteiger partial charge on any atom is 0.312 e. The molecule has 0 aromatic rings. The molecule has 0 atom stereocenters. The van der Waals surface area contributed by atoms with E-state index >= 15 is 0 Å². The zero-order valence-corrected chi connectivity index (χ0v) is 12.3. The van der Waals surface area contributed by atoms with Crippen LogP contribution in [0.15, 0.2) is 0 Å². The highest BCUT2D eigenvalue weighted by atomic mass is 32.2. The molecule has 0 amide bonds. The van der Waals surface area contributed by atoms with Crippen LogP contribution in [0.5, 0.6) is 0 Å². The molecule has 0 spiro atoms. The largest absolute Gasteiger partial charge is 0.465 e. The summed E-state index contributed by atoms with van der Waals surface area (Å²) in [5.41, 5.74) is 4.73. The zero-order chi connectivity index (χ0) is 14.2. The molecule has 8 heteroatoms. The van der Waals surface area contributed by atoms with E-state index in [9.17, 15) is 13.2 Å². The quantitative estimate of drug-likeness (QED) is 0.363.